The maximum absolute atomic E-state index is 5.09. The second-order valence-electron chi connectivity index (χ2n) is 2.56. The van der Waals surface area contributed by atoms with E-state index in [1.807, 2.05) is 12.1 Å². The zero-order valence-corrected chi connectivity index (χ0v) is 8.45. The molecule has 0 N–H and O–H groups in total. The summed E-state index contributed by atoms with van der Waals surface area (Å²) in [6, 6.07) is 5.43. The molecule has 4 nitrogen and oxygen atoms in total. The van der Waals surface area contributed by atoms with E-state index in [1.54, 1.807) is 18.5 Å². The smallest absolute Gasteiger partial charge is 0.482 e. The maximum Gasteiger partial charge on any atom is 0.482 e. The van der Waals surface area contributed by atoms with Gasteiger partial charge in [0.15, 0.2) is 0 Å². The Morgan fingerprint density at radius 1 is 1.14 bits per heavy atom. The molecule has 0 spiro atoms. The van der Waals surface area contributed by atoms with Crippen LogP contribution in [0.1, 0.15) is 0 Å². The van der Waals surface area contributed by atoms with E-state index in [0.29, 0.717) is 11.4 Å². The van der Waals surface area contributed by atoms with Crippen molar-refractivity contribution in [2.24, 2.45) is 0 Å². The second-order valence-corrected chi connectivity index (χ2v) is 2.80. The molecule has 66 valence electrons. The van der Waals surface area contributed by atoms with Crippen molar-refractivity contribution in [1.29, 1.82) is 0 Å². The quantitative estimate of drug-likeness (QED) is 0.677. The van der Waals surface area contributed by atoms with Gasteiger partial charge in [0.05, 0.1) is 5.69 Å². The van der Waals surface area contributed by atoms with Crippen LogP contribution in [0.4, 0.5) is 0 Å². The fraction of sp³-hybridized carbons (Fsp3) is 0. The molecule has 0 unspecified atom stereocenters. The Labute approximate surface area is 89.8 Å². The normalized spacial score (nSPS) is 9.71. The molecule has 0 aliphatic rings. The Bertz CT molecular complexity index is 421. The molecule has 2 radical (unpaired) electrons. The van der Waals surface area contributed by atoms with Gasteiger partial charge < -0.3 is 3.79 Å². The third kappa shape index (κ3) is 1.74. The lowest BCUT2D eigenvalue weighted by Crippen LogP contribution is -1.93. The Morgan fingerprint density at radius 3 is 2.79 bits per heavy atom. The minimum atomic E-state index is 0.677. The molecule has 0 saturated carbocycles. The lowest BCUT2D eigenvalue weighted by molar-refractivity contribution is 0.614. The average molecular weight is 199 g/mol. The second kappa shape index (κ2) is 4.18. The molecular formula is C9H6AlN3O. The van der Waals surface area contributed by atoms with Gasteiger partial charge in [0, 0.05) is 12.4 Å². The SMILES string of the molecule is [Al][O]c1cccnc1-c1ccncn1. The van der Waals surface area contributed by atoms with Gasteiger partial charge in [-0.2, -0.15) is 0 Å². The molecular weight excluding hydrogens is 193 g/mol. The summed E-state index contributed by atoms with van der Waals surface area (Å²) >= 11 is 2.19. The summed E-state index contributed by atoms with van der Waals surface area (Å²) in [6.45, 7) is 0. The van der Waals surface area contributed by atoms with Crippen LogP contribution >= 0.6 is 0 Å². The van der Waals surface area contributed by atoms with Crippen molar-refractivity contribution in [3.8, 4) is 17.1 Å². The van der Waals surface area contributed by atoms with Gasteiger partial charge >= 0.3 is 16.6 Å². The predicted molar refractivity (Wildman–Crippen MR) is 51.6 cm³/mol. The highest BCUT2D eigenvalue weighted by Crippen LogP contribution is 2.24. The van der Waals surface area contributed by atoms with Gasteiger partial charge in [-0.15, -0.1) is 0 Å². The topological polar surface area (TPSA) is 47.9 Å². The molecule has 14 heavy (non-hydrogen) atoms. The summed E-state index contributed by atoms with van der Waals surface area (Å²) in [5.41, 5.74) is 1.46. The molecule has 0 aromatic carbocycles. The fourth-order valence-electron chi connectivity index (χ4n) is 1.11. The predicted octanol–water partition coefficient (Wildman–Crippen LogP) is 1.00. The first-order valence-corrected chi connectivity index (χ1v) is 4.47. The van der Waals surface area contributed by atoms with Crippen molar-refractivity contribution in [1.82, 2.24) is 15.0 Å². The first-order valence-electron chi connectivity index (χ1n) is 4.00. The molecule has 0 saturated heterocycles. The molecule has 0 fully saturated rings. The van der Waals surface area contributed by atoms with E-state index >= 15 is 0 Å². The van der Waals surface area contributed by atoms with Crippen molar-refractivity contribution in [2.75, 3.05) is 0 Å². The van der Waals surface area contributed by atoms with Crippen LogP contribution < -0.4 is 3.79 Å². The lowest BCUT2D eigenvalue weighted by atomic mass is 10.2. The first-order chi connectivity index (χ1) is 6.92. The largest absolute Gasteiger partial charge is 0.652 e. The zero-order valence-electron chi connectivity index (χ0n) is 7.29. The van der Waals surface area contributed by atoms with Crippen molar-refractivity contribution in [2.45, 2.75) is 0 Å². The van der Waals surface area contributed by atoms with Crippen molar-refractivity contribution >= 4 is 16.6 Å². The van der Waals surface area contributed by atoms with Gasteiger partial charge in [0.1, 0.15) is 17.8 Å². The highest BCUT2D eigenvalue weighted by Gasteiger charge is 2.05. The maximum atomic E-state index is 5.09. The summed E-state index contributed by atoms with van der Waals surface area (Å²) in [5, 5.41) is 0. The van der Waals surface area contributed by atoms with Gasteiger partial charge in [-0.3, -0.25) is 4.98 Å². The lowest BCUT2D eigenvalue weighted by Gasteiger charge is -2.07. The highest BCUT2D eigenvalue weighted by atomic mass is 27.1. The van der Waals surface area contributed by atoms with Gasteiger partial charge in [-0.1, -0.05) is 0 Å². The molecule has 0 bridgehead atoms. The van der Waals surface area contributed by atoms with Crippen LogP contribution in [0.2, 0.25) is 0 Å². The molecule has 0 amide bonds. The van der Waals surface area contributed by atoms with E-state index in [9.17, 15) is 0 Å². The Kier molecular flexibility index (Phi) is 2.73. The minimum absolute atomic E-state index is 0.677. The molecule has 2 heterocycles. The van der Waals surface area contributed by atoms with Crippen molar-refractivity contribution in [3.05, 3.63) is 36.9 Å². The van der Waals surface area contributed by atoms with Gasteiger partial charge in [-0.25, -0.2) is 9.97 Å². The van der Waals surface area contributed by atoms with Crippen LogP contribution in [0.25, 0.3) is 11.4 Å². The van der Waals surface area contributed by atoms with Crippen LogP contribution in [0, 0.1) is 0 Å². The molecule has 0 atom stereocenters. The van der Waals surface area contributed by atoms with E-state index in [-0.39, 0.29) is 0 Å². The van der Waals surface area contributed by atoms with E-state index in [4.69, 9.17) is 3.79 Å². The van der Waals surface area contributed by atoms with Crippen LogP contribution in [-0.2, 0) is 0 Å². The molecule has 2 aromatic heterocycles. The summed E-state index contributed by atoms with van der Waals surface area (Å²) in [6.07, 6.45) is 4.85. The average Bonchev–Trinajstić information content (AvgIpc) is 2.30. The fourth-order valence-corrected chi connectivity index (χ4v) is 1.30. The van der Waals surface area contributed by atoms with Crippen LogP contribution in [0.3, 0.4) is 0 Å². The van der Waals surface area contributed by atoms with E-state index < -0.39 is 0 Å². The standard InChI is InChI=1S/C9H7N3O.Al/c13-8-2-1-4-11-9(8)7-3-5-10-6-12-7;/h1-6,13H;/q;+1/p-1. The Balaban J connectivity index is 2.51. The molecule has 0 aliphatic carbocycles. The summed E-state index contributed by atoms with van der Waals surface area (Å²) in [5.74, 6) is 0.677. The van der Waals surface area contributed by atoms with Crippen LogP contribution in [-0.4, -0.2) is 31.6 Å². The number of pyridine rings is 1. The molecule has 2 rings (SSSR count). The van der Waals surface area contributed by atoms with Crippen LogP contribution in [0.5, 0.6) is 5.75 Å². The number of rotatable bonds is 2. The van der Waals surface area contributed by atoms with E-state index in [2.05, 4.69) is 31.6 Å². The van der Waals surface area contributed by atoms with Gasteiger partial charge in [-0.05, 0) is 18.2 Å². The summed E-state index contributed by atoms with van der Waals surface area (Å²) < 4.78 is 5.09. The number of nitrogens with zero attached hydrogens (tertiary/aromatic N) is 3. The third-order valence-electron chi connectivity index (χ3n) is 1.72. The first kappa shape index (κ1) is 9.13. The summed E-state index contributed by atoms with van der Waals surface area (Å²) in [7, 11) is 0. The monoisotopic (exact) mass is 199 g/mol. The number of aromatic nitrogens is 3. The zero-order chi connectivity index (χ0) is 9.80. The van der Waals surface area contributed by atoms with Crippen LogP contribution in [0.15, 0.2) is 36.9 Å². The van der Waals surface area contributed by atoms with Crippen molar-refractivity contribution in [3.63, 3.8) is 0 Å². The van der Waals surface area contributed by atoms with E-state index in [0.717, 1.165) is 5.69 Å². The number of hydrogen-bond acceptors (Lipinski definition) is 4. The molecule has 5 heteroatoms. The van der Waals surface area contributed by atoms with Gasteiger partial charge in [0.2, 0.25) is 0 Å². The Hall–Kier alpha value is -1.44. The Morgan fingerprint density at radius 2 is 2.07 bits per heavy atom. The van der Waals surface area contributed by atoms with Crippen molar-refractivity contribution < 1.29 is 3.79 Å². The summed E-state index contributed by atoms with van der Waals surface area (Å²) in [4.78, 5) is 12.1. The highest BCUT2D eigenvalue weighted by molar-refractivity contribution is 6.00. The minimum Gasteiger partial charge on any atom is -0.652 e. The third-order valence-corrected chi connectivity index (χ3v) is 1.98. The molecule has 2 aromatic rings. The van der Waals surface area contributed by atoms with E-state index in [1.165, 1.54) is 6.33 Å². The molecule has 0 aliphatic heterocycles. The number of hydrogen-bond donors (Lipinski definition) is 0. The van der Waals surface area contributed by atoms with Gasteiger partial charge in [0.25, 0.3) is 0 Å².